The fraction of sp³-hybridized carbons (Fsp3) is 0.250. The fourth-order valence-corrected chi connectivity index (χ4v) is 1.33. The van der Waals surface area contributed by atoms with E-state index in [-0.39, 0.29) is 11.5 Å². The molecule has 0 aliphatic rings. The molecule has 1 aromatic rings. The molecular formula is C12H13FN2. The van der Waals surface area contributed by atoms with E-state index in [1.165, 1.54) is 6.07 Å². The van der Waals surface area contributed by atoms with Crippen molar-refractivity contribution < 1.29 is 4.39 Å². The average molecular weight is 204 g/mol. The van der Waals surface area contributed by atoms with Crippen LogP contribution in [0.4, 0.5) is 4.39 Å². The zero-order valence-electron chi connectivity index (χ0n) is 8.84. The largest absolute Gasteiger partial charge is 0.397 e. The highest BCUT2D eigenvalue weighted by molar-refractivity contribution is 5.69. The van der Waals surface area contributed by atoms with E-state index in [4.69, 9.17) is 11.0 Å². The van der Waals surface area contributed by atoms with Crippen LogP contribution in [0, 0.1) is 24.1 Å². The maximum absolute atomic E-state index is 13.5. The van der Waals surface area contributed by atoms with Gasteiger partial charge in [0.1, 0.15) is 5.82 Å². The molecule has 0 atom stereocenters. The molecule has 1 rings (SSSR count). The van der Waals surface area contributed by atoms with Gasteiger partial charge in [-0.15, -0.1) is 0 Å². The summed E-state index contributed by atoms with van der Waals surface area (Å²) in [4.78, 5) is 0. The number of halogens is 1. The first-order valence-electron chi connectivity index (χ1n) is 4.75. The van der Waals surface area contributed by atoms with Gasteiger partial charge in [-0.1, -0.05) is 13.0 Å². The third-order valence-corrected chi connectivity index (χ3v) is 2.23. The second-order valence-corrected chi connectivity index (χ2v) is 3.34. The van der Waals surface area contributed by atoms with E-state index in [0.717, 1.165) is 5.56 Å². The van der Waals surface area contributed by atoms with Crippen molar-refractivity contribution >= 4 is 5.70 Å². The zero-order valence-corrected chi connectivity index (χ0v) is 8.84. The Morgan fingerprint density at radius 2 is 2.20 bits per heavy atom. The minimum Gasteiger partial charge on any atom is -0.397 e. The van der Waals surface area contributed by atoms with Crippen LogP contribution in [0.2, 0.25) is 0 Å². The lowest BCUT2D eigenvalue weighted by Gasteiger charge is -2.06. The van der Waals surface area contributed by atoms with E-state index in [1.807, 2.05) is 13.0 Å². The van der Waals surface area contributed by atoms with Gasteiger partial charge >= 0.3 is 0 Å². The average Bonchev–Trinajstić information content (AvgIpc) is 2.19. The van der Waals surface area contributed by atoms with Gasteiger partial charge in [0, 0.05) is 5.56 Å². The predicted octanol–water partition coefficient (Wildman–Crippen LogP) is 2.74. The van der Waals surface area contributed by atoms with Gasteiger partial charge in [-0.05, 0) is 31.0 Å². The molecule has 2 N–H and O–H groups in total. The van der Waals surface area contributed by atoms with Crippen LogP contribution in [0.15, 0.2) is 23.8 Å². The van der Waals surface area contributed by atoms with Crippen LogP contribution in [-0.2, 0) is 0 Å². The summed E-state index contributed by atoms with van der Waals surface area (Å²) in [5, 5.41) is 8.79. The Kier molecular flexibility index (Phi) is 3.46. The molecule has 0 radical (unpaired) electrons. The van der Waals surface area contributed by atoms with E-state index >= 15 is 0 Å². The molecule has 0 heterocycles. The maximum atomic E-state index is 13.5. The van der Waals surface area contributed by atoms with Gasteiger partial charge in [0.2, 0.25) is 0 Å². The number of nitriles is 1. The lowest BCUT2D eigenvalue weighted by Crippen LogP contribution is -2.03. The number of hydrogen-bond donors (Lipinski definition) is 1. The van der Waals surface area contributed by atoms with E-state index in [0.29, 0.717) is 17.6 Å². The summed E-state index contributed by atoms with van der Waals surface area (Å²) in [6.07, 6.45) is 0.510. The molecule has 3 heteroatoms. The Morgan fingerprint density at radius 1 is 1.53 bits per heavy atom. The normalized spacial score (nSPS) is 11.9. The van der Waals surface area contributed by atoms with Gasteiger partial charge in [-0.3, -0.25) is 0 Å². The second-order valence-electron chi connectivity index (χ2n) is 3.34. The number of benzene rings is 1. The molecule has 0 aliphatic carbocycles. The molecule has 0 saturated carbocycles. The van der Waals surface area contributed by atoms with E-state index in [9.17, 15) is 4.39 Å². The standard InChI is InChI=1S/C12H13FN2/c1-3-9(7-14)12(15)10-5-4-8(2)6-11(10)13/h4-6H,3,15H2,1-2H3/b12-9-. The summed E-state index contributed by atoms with van der Waals surface area (Å²) in [6, 6.07) is 6.77. The highest BCUT2D eigenvalue weighted by Crippen LogP contribution is 2.19. The van der Waals surface area contributed by atoms with Crippen LogP contribution >= 0.6 is 0 Å². The molecule has 0 amide bonds. The van der Waals surface area contributed by atoms with Gasteiger partial charge in [-0.2, -0.15) is 5.26 Å². The van der Waals surface area contributed by atoms with Gasteiger partial charge < -0.3 is 5.73 Å². The Balaban J connectivity index is 3.29. The van der Waals surface area contributed by atoms with E-state index in [1.54, 1.807) is 19.1 Å². The molecule has 0 bridgehead atoms. The number of aryl methyl sites for hydroxylation is 1. The quantitative estimate of drug-likeness (QED) is 0.753. The molecule has 15 heavy (non-hydrogen) atoms. The van der Waals surface area contributed by atoms with Crippen molar-refractivity contribution in [3.63, 3.8) is 0 Å². The third kappa shape index (κ3) is 2.35. The minimum atomic E-state index is -0.381. The number of nitrogens with two attached hydrogens (primary N) is 1. The molecule has 0 spiro atoms. The maximum Gasteiger partial charge on any atom is 0.132 e. The summed E-state index contributed by atoms with van der Waals surface area (Å²) in [5.41, 5.74) is 7.51. The molecule has 78 valence electrons. The molecule has 2 nitrogen and oxygen atoms in total. The van der Waals surface area contributed by atoms with Gasteiger partial charge in [0.15, 0.2) is 0 Å². The minimum absolute atomic E-state index is 0.234. The Labute approximate surface area is 88.8 Å². The molecular weight excluding hydrogens is 191 g/mol. The SMILES string of the molecule is CC/C(C#N)=C(/N)c1ccc(C)cc1F. The van der Waals surface area contributed by atoms with Crippen LogP contribution in [0.5, 0.6) is 0 Å². The molecule has 1 aromatic carbocycles. The Bertz CT molecular complexity index is 441. The summed E-state index contributed by atoms with van der Waals surface area (Å²) in [7, 11) is 0. The lowest BCUT2D eigenvalue weighted by atomic mass is 10.0. The van der Waals surface area contributed by atoms with Crippen LogP contribution < -0.4 is 5.73 Å². The molecule has 0 aliphatic heterocycles. The second kappa shape index (κ2) is 4.61. The smallest absolute Gasteiger partial charge is 0.132 e. The van der Waals surface area contributed by atoms with Crippen molar-refractivity contribution in [3.05, 3.63) is 40.7 Å². The van der Waals surface area contributed by atoms with Gasteiger partial charge in [-0.25, -0.2) is 4.39 Å². The third-order valence-electron chi connectivity index (χ3n) is 2.23. The zero-order chi connectivity index (χ0) is 11.4. The summed E-state index contributed by atoms with van der Waals surface area (Å²) in [6.45, 7) is 3.62. The topological polar surface area (TPSA) is 49.8 Å². The molecule has 0 unspecified atom stereocenters. The van der Waals surface area contributed by atoms with Crippen molar-refractivity contribution in [2.24, 2.45) is 5.73 Å². The lowest BCUT2D eigenvalue weighted by molar-refractivity contribution is 0.622. The first kappa shape index (κ1) is 11.3. The first-order chi connectivity index (χ1) is 7.10. The predicted molar refractivity (Wildman–Crippen MR) is 58.1 cm³/mol. The number of rotatable bonds is 2. The van der Waals surface area contributed by atoms with E-state index in [2.05, 4.69) is 0 Å². The monoisotopic (exact) mass is 204 g/mol. The number of allylic oxidation sites excluding steroid dienone is 1. The van der Waals surface area contributed by atoms with Gasteiger partial charge in [0.05, 0.1) is 17.3 Å². The van der Waals surface area contributed by atoms with E-state index < -0.39 is 0 Å². The van der Waals surface area contributed by atoms with Crippen molar-refractivity contribution in [2.75, 3.05) is 0 Å². The number of nitrogens with zero attached hydrogens (tertiary/aromatic N) is 1. The van der Waals surface area contributed by atoms with Crippen molar-refractivity contribution in [3.8, 4) is 6.07 Å². The summed E-state index contributed by atoms with van der Waals surface area (Å²) in [5.74, 6) is -0.381. The highest BCUT2D eigenvalue weighted by atomic mass is 19.1. The molecule has 0 saturated heterocycles. The van der Waals surface area contributed by atoms with Crippen LogP contribution in [0.25, 0.3) is 5.70 Å². The van der Waals surface area contributed by atoms with Gasteiger partial charge in [0.25, 0.3) is 0 Å². The highest BCUT2D eigenvalue weighted by Gasteiger charge is 2.08. The van der Waals surface area contributed by atoms with Crippen molar-refractivity contribution in [2.45, 2.75) is 20.3 Å². The van der Waals surface area contributed by atoms with Crippen LogP contribution in [0.1, 0.15) is 24.5 Å². The van der Waals surface area contributed by atoms with Crippen LogP contribution in [-0.4, -0.2) is 0 Å². The molecule has 0 fully saturated rings. The Morgan fingerprint density at radius 3 is 2.67 bits per heavy atom. The van der Waals surface area contributed by atoms with Crippen molar-refractivity contribution in [1.29, 1.82) is 5.26 Å². The summed E-state index contributed by atoms with van der Waals surface area (Å²) >= 11 is 0. The Hall–Kier alpha value is -1.82. The fourth-order valence-electron chi connectivity index (χ4n) is 1.33. The molecule has 0 aromatic heterocycles. The number of hydrogen-bond acceptors (Lipinski definition) is 2. The first-order valence-corrected chi connectivity index (χ1v) is 4.75. The van der Waals surface area contributed by atoms with Crippen molar-refractivity contribution in [1.82, 2.24) is 0 Å². The van der Waals surface area contributed by atoms with Crippen LogP contribution in [0.3, 0.4) is 0 Å². The summed E-state index contributed by atoms with van der Waals surface area (Å²) < 4.78 is 13.5.